The molecule has 6 nitrogen and oxygen atoms in total. The Kier molecular flexibility index (Phi) is 20.2. The molecule has 0 saturated carbocycles. The molecule has 0 fully saturated rings. The number of nitro groups is 1. The van der Waals surface area contributed by atoms with Gasteiger partial charge in [-0.1, -0.05) is 6.92 Å². The summed E-state index contributed by atoms with van der Waals surface area (Å²) in [7, 11) is 0. The zero-order valence-corrected chi connectivity index (χ0v) is 18.5. The van der Waals surface area contributed by atoms with E-state index in [4.69, 9.17) is 15.0 Å². The molecular weight excluding hydrogens is 343 g/mol. The number of thioether (sulfide) groups is 1. The molecule has 0 amide bonds. The van der Waals surface area contributed by atoms with Crippen LogP contribution in [0.5, 0.6) is 0 Å². The number of nitro benzene ring substituents is 1. The Bertz CT molecular complexity index is 432. The van der Waals surface area contributed by atoms with Crippen LogP contribution in [0.3, 0.4) is 0 Å². The molecule has 0 aromatic heterocycles. The minimum absolute atomic E-state index is 0. The third-order valence-electron chi connectivity index (χ3n) is 1.58. The van der Waals surface area contributed by atoms with E-state index >= 15 is 0 Å². The molecule has 10 heteroatoms. The minimum atomic E-state index is -2.33. The molecule has 1 aromatic carbocycles. The van der Waals surface area contributed by atoms with Gasteiger partial charge >= 0.3 is 103 Å². The van der Waals surface area contributed by atoms with Crippen LogP contribution in [-0.2, 0) is 0 Å². The van der Waals surface area contributed by atoms with E-state index in [-0.39, 0.29) is 108 Å². The predicted molar refractivity (Wildman–Crippen MR) is 59.5 cm³/mol. The average molecular weight is 353 g/mol. The zero-order chi connectivity index (χ0) is 14.1. The summed E-state index contributed by atoms with van der Waals surface area (Å²) in [6.45, 7) is 1.99. The van der Waals surface area contributed by atoms with Gasteiger partial charge in [-0.15, -0.1) is 11.8 Å². The monoisotopic (exact) mass is 353 g/mol. The number of hydrogen-bond acceptors (Lipinski definition) is 6. The van der Waals surface area contributed by atoms with Gasteiger partial charge in [0, 0.05) is 0 Å². The summed E-state index contributed by atoms with van der Waals surface area (Å²) in [4.78, 5) is 18.9. The van der Waals surface area contributed by atoms with Crippen molar-refractivity contribution in [1.82, 2.24) is 0 Å². The first-order chi connectivity index (χ1) is 8.38. The van der Waals surface area contributed by atoms with Crippen LogP contribution in [0.2, 0.25) is 0 Å². The van der Waals surface area contributed by atoms with Crippen molar-refractivity contribution in [3.8, 4) is 0 Å². The molecule has 1 aromatic rings. The summed E-state index contributed by atoms with van der Waals surface area (Å²) in [5.41, 5.74) is -0.150. The molecule has 0 aliphatic rings. The fraction of sp³-hybridized carbons (Fsp3) is 0.300. The maximum absolute atomic E-state index is 12.7. The third kappa shape index (κ3) is 13.1. The first-order valence-corrected chi connectivity index (χ1v) is 5.81. The number of rotatable bonds is 4. The number of carbonyl (C=O) groups excluding carboxylic acids is 1. The normalized spacial score (nSPS) is 8.30. The molecule has 0 spiro atoms. The van der Waals surface area contributed by atoms with E-state index in [1.54, 1.807) is 0 Å². The summed E-state index contributed by atoms with van der Waals surface area (Å²) in [5, 5.41) is 27.2. The molecule has 1 rings (SSSR count). The predicted octanol–water partition coefficient (Wildman–Crippen LogP) is -5.20. The molecule has 100 valence electrons. The van der Waals surface area contributed by atoms with Gasteiger partial charge in [-0.3, -0.25) is 10.1 Å². The third-order valence-corrected chi connectivity index (χ3v) is 2.85. The fourth-order valence-electron chi connectivity index (χ4n) is 0.967. The fourth-order valence-corrected chi connectivity index (χ4v) is 1.84. The zero-order valence-electron chi connectivity index (χ0n) is 11.4. The van der Waals surface area contributed by atoms with E-state index in [0.717, 1.165) is 18.2 Å². The van der Waals surface area contributed by atoms with Crippen molar-refractivity contribution in [2.75, 3.05) is 5.75 Å². The SMILES string of the molecule is CCCSc1ccc(F)cc1[N+](=O)[O-].O=C([O-])[O-].[K+].[K+]. The molecule has 0 aliphatic heterocycles. The Hall–Kier alpha value is 1.44. The second-order valence-corrected chi connectivity index (χ2v) is 4.10. The topological polar surface area (TPSA) is 106 Å². The molecule has 0 atom stereocenters. The van der Waals surface area contributed by atoms with Crippen LogP contribution in [0.15, 0.2) is 23.1 Å². The van der Waals surface area contributed by atoms with Crippen molar-refractivity contribution in [2.45, 2.75) is 18.2 Å². The number of nitrogens with zero attached hydrogens (tertiary/aromatic N) is 1. The molecule has 0 aliphatic carbocycles. The minimum Gasteiger partial charge on any atom is -0.652 e. The number of hydrogen-bond donors (Lipinski definition) is 0. The van der Waals surface area contributed by atoms with Crippen molar-refractivity contribution in [1.29, 1.82) is 0 Å². The maximum atomic E-state index is 12.7. The van der Waals surface area contributed by atoms with E-state index in [1.807, 2.05) is 6.92 Å². The van der Waals surface area contributed by atoms with Gasteiger partial charge in [0.1, 0.15) is 5.82 Å². The molecule has 20 heavy (non-hydrogen) atoms. The Morgan fingerprint density at radius 2 is 1.85 bits per heavy atom. The van der Waals surface area contributed by atoms with E-state index in [0.29, 0.717) is 4.90 Å². The summed E-state index contributed by atoms with van der Waals surface area (Å²) >= 11 is 1.38. The van der Waals surface area contributed by atoms with Gasteiger partial charge in [-0.05, 0) is 30.5 Å². The van der Waals surface area contributed by atoms with Crippen LogP contribution in [0.4, 0.5) is 14.9 Å². The van der Waals surface area contributed by atoms with Crippen LogP contribution < -0.4 is 113 Å². The summed E-state index contributed by atoms with van der Waals surface area (Å²) in [5.74, 6) is 0.226. The number of carboxylic acid groups (broad SMARTS) is 2. The van der Waals surface area contributed by atoms with Gasteiger partial charge in [-0.2, -0.15) is 0 Å². The standard InChI is InChI=1S/C9H10FNO2S.CH2O3.2K/c1-2-5-14-9-4-3-7(10)6-8(9)11(12)13;2-1(3)4;;/h3-4,6H,2,5H2,1H3;(H2,2,3,4);;/q;;2*+1/p-2. The molecule has 0 N–H and O–H groups in total. The summed E-state index contributed by atoms with van der Waals surface area (Å²) < 4.78 is 12.7. The number of halogens is 1. The van der Waals surface area contributed by atoms with Gasteiger partial charge in [0.25, 0.3) is 5.69 Å². The van der Waals surface area contributed by atoms with Crippen LogP contribution in [-0.4, -0.2) is 16.8 Å². The van der Waals surface area contributed by atoms with E-state index in [2.05, 4.69) is 0 Å². The smallest absolute Gasteiger partial charge is 0.652 e. The van der Waals surface area contributed by atoms with Crippen molar-refractivity contribution >= 4 is 23.6 Å². The number of benzene rings is 1. The summed E-state index contributed by atoms with van der Waals surface area (Å²) in [6, 6.07) is 3.65. The second kappa shape index (κ2) is 15.3. The second-order valence-electron chi connectivity index (χ2n) is 2.97. The van der Waals surface area contributed by atoms with Gasteiger partial charge in [0.05, 0.1) is 15.9 Å². The van der Waals surface area contributed by atoms with Gasteiger partial charge < -0.3 is 15.0 Å². The van der Waals surface area contributed by atoms with Crippen LogP contribution >= 0.6 is 11.8 Å². The maximum Gasteiger partial charge on any atom is 1.00 e. The van der Waals surface area contributed by atoms with Gasteiger partial charge in [0.2, 0.25) is 0 Å². The van der Waals surface area contributed by atoms with Crippen molar-refractivity contribution < 1.29 is 127 Å². The Labute approximate surface area is 204 Å². The van der Waals surface area contributed by atoms with E-state index in [1.165, 1.54) is 23.9 Å². The van der Waals surface area contributed by atoms with Crippen molar-refractivity contribution in [3.63, 3.8) is 0 Å². The first-order valence-electron chi connectivity index (χ1n) is 4.83. The summed E-state index contributed by atoms with van der Waals surface area (Å²) in [6.07, 6.45) is -1.40. The average Bonchev–Trinajstić information content (AvgIpc) is 2.26. The van der Waals surface area contributed by atoms with Gasteiger partial charge in [0.15, 0.2) is 0 Å². The van der Waals surface area contributed by atoms with E-state index < -0.39 is 16.9 Å². The first kappa shape index (κ1) is 26.3. The van der Waals surface area contributed by atoms with Gasteiger partial charge in [-0.25, -0.2) is 4.39 Å². The largest absolute Gasteiger partial charge is 1.00 e. The van der Waals surface area contributed by atoms with Crippen LogP contribution in [0.1, 0.15) is 13.3 Å². The molecule has 0 bridgehead atoms. The molecule has 0 radical (unpaired) electrons. The van der Waals surface area contributed by atoms with E-state index in [9.17, 15) is 14.5 Å². The van der Waals surface area contributed by atoms with Crippen LogP contribution in [0.25, 0.3) is 0 Å². The molecular formula is C10H10FK2NO5S. The Balaban J connectivity index is -0.000000429. The Morgan fingerprint density at radius 1 is 1.35 bits per heavy atom. The molecule has 0 saturated heterocycles. The molecule has 0 heterocycles. The van der Waals surface area contributed by atoms with Crippen LogP contribution in [0, 0.1) is 15.9 Å². The quantitative estimate of drug-likeness (QED) is 0.232. The number of carbonyl (C=O) groups is 1. The molecule has 0 unspecified atom stereocenters. The van der Waals surface area contributed by atoms with Crippen molar-refractivity contribution in [3.05, 3.63) is 34.1 Å². The Morgan fingerprint density at radius 3 is 2.25 bits per heavy atom. The van der Waals surface area contributed by atoms with Crippen molar-refractivity contribution in [2.24, 2.45) is 0 Å².